The Bertz CT molecular complexity index is 1530. The van der Waals surface area contributed by atoms with Gasteiger partial charge >= 0.3 is 0 Å². The van der Waals surface area contributed by atoms with E-state index in [0.29, 0.717) is 5.56 Å². The van der Waals surface area contributed by atoms with Crippen molar-refractivity contribution in [1.82, 2.24) is 24.8 Å². The maximum Gasteiger partial charge on any atom is 0.253 e. The van der Waals surface area contributed by atoms with Gasteiger partial charge in [0.1, 0.15) is 5.52 Å². The third-order valence-electron chi connectivity index (χ3n) is 7.84. The summed E-state index contributed by atoms with van der Waals surface area (Å²) in [5.74, 6) is -0.00816. The Kier molecular flexibility index (Phi) is 6.54. The molecule has 0 saturated carbocycles. The van der Waals surface area contributed by atoms with Gasteiger partial charge in [0, 0.05) is 68.9 Å². The smallest absolute Gasteiger partial charge is 0.253 e. The van der Waals surface area contributed by atoms with Crippen molar-refractivity contribution in [3.63, 3.8) is 0 Å². The largest absolute Gasteiger partial charge is 0.345 e. The molecular formula is C31H34N6O. The normalized spacial score (nSPS) is 15.5. The van der Waals surface area contributed by atoms with Gasteiger partial charge in [0.15, 0.2) is 5.65 Å². The number of aliphatic imine (C=N–C) groups is 1. The van der Waals surface area contributed by atoms with E-state index in [1.807, 2.05) is 36.7 Å². The SMILES string of the molecule is Cc1cc(-c2cnc3[nH]cc(-c4ccc(C(=O)N(C)C)cc4)c3n2)cc2c1CCN(CCC1=NCCC1)C2. The number of amides is 1. The van der Waals surface area contributed by atoms with E-state index in [4.69, 9.17) is 9.97 Å². The van der Waals surface area contributed by atoms with Gasteiger partial charge < -0.3 is 9.88 Å². The number of nitrogens with one attached hydrogen (secondary N) is 1. The highest BCUT2D eigenvalue weighted by Gasteiger charge is 2.21. The number of nitrogens with zero attached hydrogens (tertiary/aromatic N) is 5. The van der Waals surface area contributed by atoms with Crippen LogP contribution in [0.2, 0.25) is 0 Å². The standard InChI is InChI=1S/C31H34N6O/c1-20-15-23(16-24-19-37(14-11-26(20)24)13-10-25-5-4-12-32-25)28-18-34-30-29(35-28)27(17-33-30)21-6-8-22(9-7-21)31(38)36(2)3/h6-9,15-18H,4-5,10-14,19H2,1-3H3,(H,33,34). The molecular weight excluding hydrogens is 472 g/mol. The van der Waals surface area contributed by atoms with Gasteiger partial charge in [-0.3, -0.25) is 14.7 Å². The van der Waals surface area contributed by atoms with E-state index in [1.165, 1.54) is 35.2 Å². The number of aryl methyl sites for hydroxylation is 1. The lowest BCUT2D eigenvalue weighted by molar-refractivity contribution is 0.0827. The van der Waals surface area contributed by atoms with Crippen molar-refractivity contribution in [2.45, 2.75) is 39.2 Å². The molecule has 38 heavy (non-hydrogen) atoms. The summed E-state index contributed by atoms with van der Waals surface area (Å²) in [6, 6.07) is 12.2. The van der Waals surface area contributed by atoms with E-state index < -0.39 is 0 Å². The molecule has 7 nitrogen and oxygen atoms in total. The van der Waals surface area contributed by atoms with Crippen molar-refractivity contribution in [1.29, 1.82) is 0 Å². The molecule has 0 aliphatic carbocycles. The number of carbonyl (C=O) groups is 1. The fourth-order valence-corrected chi connectivity index (χ4v) is 5.71. The van der Waals surface area contributed by atoms with Crippen LogP contribution in [-0.2, 0) is 13.0 Å². The molecule has 2 aliphatic heterocycles. The Hall–Kier alpha value is -3.84. The third kappa shape index (κ3) is 4.74. The zero-order chi connectivity index (χ0) is 26.2. The van der Waals surface area contributed by atoms with Crippen molar-refractivity contribution < 1.29 is 4.79 Å². The highest BCUT2D eigenvalue weighted by Crippen LogP contribution is 2.32. The molecule has 0 saturated heterocycles. The van der Waals surface area contributed by atoms with Gasteiger partial charge in [-0.25, -0.2) is 9.97 Å². The molecule has 1 N–H and O–H groups in total. The second kappa shape index (κ2) is 10.1. The first-order chi connectivity index (χ1) is 18.5. The molecule has 0 fully saturated rings. The fourth-order valence-electron chi connectivity index (χ4n) is 5.71. The van der Waals surface area contributed by atoms with Gasteiger partial charge in [0.2, 0.25) is 0 Å². The minimum Gasteiger partial charge on any atom is -0.345 e. The van der Waals surface area contributed by atoms with Crippen molar-refractivity contribution >= 4 is 22.8 Å². The Morgan fingerprint density at radius 1 is 1.11 bits per heavy atom. The number of H-pyrrole nitrogens is 1. The summed E-state index contributed by atoms with van der Waals surface area (Å²) in [7, 11) is 3.53. The Morgan fingerprint density at radius 2 is 1.95 bits per heavy atom. The summed E-state index contributed by atoms with van der Waals surface area (Å²) < 4.78 is 0. The van der Waals surface area contributed by atoms with Crippen LogP contribution in [0.15, 0.2) is 53.8 Å². The van der Waals surface area contributed by atoms with E-state index in [2.05, 4.69) is 33.9 Å². The molecule has 2 aliphatic rings. The van der Waals surface area contributed by atoms with Gasteiger partial charge in [-0.1, -0.05) is 12.1 Å². The average molecular weight is 507 g/mol. The van der Waals surface area contributed by atoms with Crippen molar-refractivity contribution in [2.24, 2.45) is 4.99 Å². The minimum atomic E-state index is -0.00816. The van der Waals surface area contributed by atoms with Gasteiger partial charge in [-0.05, 0) is 79.1 Å². The molecule has 4 heterocycles. The highest BCUT2D eigenvalue weighted by molar-refractivity contribution is 5.96. The summed E-state index contributed by atoms with van der Waals surface area (Å²) in [4.78, 5) is 34.1. The summed E-state index contributed by atoms with van der Waals surface area (Å²) in [5.41, 5.74) is 11.8. The molecule has 2 aromatic carbocycles. The Morgan fingerprint density at radius 3 is 2.71 bits per heavy atom. The van der Waals surface area contributed by atoms with Crippen LogP contribution in [0, 0.1) is 6.92 Å². The second-order valence-corrected chi connectivity index (χ2v) is 10.7. The van der Waals surface area contributed by atoms with Crippen LogP contribution in [0.25, 0.3) is 33.5 Å². The molecule has 0 atom stereocenters. The number of carbonyl (C=O) groups excluding carboxylic acids is 1. The van der Waals surface area contributed by atoms with E-state index in [0.717, 1.165) is 72.6 Å². The first-order valence-electron chi connectivity index (χ1n) is 13.5. The maximum atomic E-state index is 12.3. The van der Waals surface area contributed by atoms with E-state index in [-0.39, 0.29) is 5.91 Å². The predicted molar refractivity (Wildman–Crippen MR) is 153 cm³/mol. The number of fused-ring (bicyclic) bond motifs is 2. The molecule has 194 valence electrons. The topological polar surface area (TPSA) is 77.5 Å². The number of aromatic amines is 1. The lowest BCUT2D eigenvalue weighted by atomic mass is 9.92. The molecule has 0 bridgehead atoms. The van der Waals surface area contributed by atoms with Crippen LogP contribution in [0.4, 0.5) is 0 Å². The van der Waals surface area contributed by atoms with Crippen LogP contribution < -0.4 is 0 Å². The van der Waals surface area contributed by atoms with Crippen molar-refractivity contribution in [3.05, 3.63) is 71.0 Å². The van der Waals surface area contributed by atoms with Gasteiger partial charge in [-0.15, -0.1) is 0 Å². The molecule has 4 aromatic rings. The van der Waals surface area contributed by atoms with E-state index in [1.54, 1.807) is 19.0 Å². The number of hydrogen-bond acceptors (Lipinski definition) is 5. The van der Waals surface area contributed by atoms with Crippen LogP contribution in [0.1, 0.15) is 46.3 Å². The Balaban J connectivity index is 1.28. The number of aromatic nitrogens is 3. The minimum absolute atomic E-state index is 0.00816. The van der Waals surface area contributed by atoms with Crippen molar-refractivity contribution in [2.75, 3.05) is 33.7 Å². The van der Waals surface area contributed by atoms with Crippen LogP contribution >= 0.6 is 0 Å². The zero-order valence-electron chi connectivity index (χ0n) is 22.4. The first kappa shape index (κ1) is 24.5. The predicted octanol–water partition coefficient (Wildman–Crippen LogP) is 5.29. The van der Waals surface area contributed by atoms with Crippen LogP contribution in [0.5, 0.6) is 0 Å². The summed E-state index contributed by atoms with van der Waals surface area (Å²) >= 11 is 0. The lowest BCUT2D eigenvalue weighted by Crippen LogP contribution is -2.32. The molecule has 6 rings (SSSR count). The maximum absolute atomic E-state index is 12.3. The summed E-state index contributed by atoms with van der Waals surface area (Å²) in [5, 5.41) is 0. The number of benzene rings is 2. The van der Waals surface area contributed by atoms with Gasteiger partial charge in [0.05, 0.1) is 11.9 Å². The van der Waals surface area contributed by atoms with Crippen LogP contribution in [0.3, 0.4) is 0 Å². The number of rotatable bonds is 6. The first-order valence-corrected chi connectivity index (χ1v) is 13.5. The number of hydrogen-bond donors (Lipinski definition) is 1. The molecule has 0 radical (unpaired) electrons. The average Bonchev–Trinajstić information content (AvgIpc) is 3.61. The molecule has 7 heteroatoms. The Labute approximate surface area is 223 Å². The lowest BCUT2D eigenvalue weighted by Gasteiger charge is -2.30. The van der Waals surface area contributed by atoms with Crippen molar-refractivity contribution in [3.8, 4) is 22.4 Å². The summed E-state index contributed by atoms with van der Waals surface area (Å²) in [6.45, 7) is 6.39. The third-order valence-corrected chi connectivity index (χ3v) is 7.84. The van der Waals surface area contributed by atoms with Gasteiger partial charge in [0.25, 0.3) is 5.91 Å². The summed E-state index contributed by atoms with van der Waals surface area (Å²) in [6.07, 6.45) is 8.39. The zero-order valence-corrected chi connectivity index (χ0v) is 22.4. The molecule has 2 aromatic heterocycles. The second-order valence-electron chi connectivity index (χ2n) is 10.7. The fraction of sp³-hybridized carbons (Fsp3) is 0.355. The molecule has 0 unspecified atom stereocenters. The van der Waals surface area contributed by atoms with Crippen LogP contribution in [-0.4, -0.2) is 70.1 Å². The van der Waals surface area contributed by atoms with E-state index >= 15 is 0 Å². The monoisotopic (exact) mass is 506 g/mol. The van der Waals surface area contributed by atoms with E-state index in [9.17, 15) is 4.79 Å². The molecule has 0 spiro atoms. The quantitative estimate of drug-likeness (QED) is 0.386. The van der Waals surface area contributed by atoms with Gasteiger partial charge in [-0.2, -0.15) is 0 Å². The molecule has 1 amide bonds. The highest BCUT2D eigenvalue weighted by atomic mass is 16.2.